The molecule has 3 rings (SSSR count). The molecule has 0 aliphatic rings. The lowest BCUT2D eigenvalue weighted by Crippen LogP contribution is -2.33. The molecule has 5 N–H and O–H groups in total. The minimum atomic E-state index is -4.69. The van der Waals surface area contributed by atoms with E-state index in [9.17, 15) is 23.1 Å². The number of anilines is 3. The van der Waals surface area contributed by atoms with E-state index in [4.69, 9.17) is 20.9 Å². The molecule has 0 saturated carbocycles. The molecule has 0 heterocycles. The highest BCUT2D eigenvalue weighted by atomic mass is 35.5. The van der Waals surface area contributed by atoms with E-state index in [1.165, 1.54) is 74.9 Å². The summed E-state index contributed by atoms with van der Waals surface area (Å²) in [6.07, 6.45) is 10.8. The van der Waals surface area contributed by atoms with Crippen molar-refractivity contribution >= 4 is 50.9 Å². The maximum absolute atomic E-state index is 13.4. The van der Waals surface area contributed by atoms with Crippen LogP contribution in [0.4, 0.5) is 17.1 Å². The van der Waals surface area contributed by atoms with Gasteiger partial charge in [-0.05, 0) is 55.3 Å². The number of hydrogen-bond acceptors (Lipinski definition) is 8. The number of unbranched alkanes of at least 4 members (excludes halogenated alkanes) is 9. The number of phenolic OH excluding ortho intramolecular Hbond substituents is 1. The van der Waals surface area contributed by atoms with Crippen molar-refractivity contribution in [3.63, 3.8) is 0 Å². The highest BCUT2D eigenvalue weighted by Crippen LogP contribution is 2.34. The van der Waals surface area contributed by atoms with E-state index in [1.54, 1.807) is 30.3 Å². The molecule has 0 aromatic heterocycles. The van der Waals surface area contributed by atoms with Crippen molar-refractivity contribution in [1.82, 2.24) is 0 Å². The van der Waals surface area contributed by atoms with Crippen molar-refractivity contribution in [3.05, 3.63) is 77.3 Å². The summed E-state index contributed by atoms with van der Waals surface area (Å²) in [5.74, 6) is -0.876. The van der Waals surface area contributed by atoms with Crippen molar-refractivity contribution in [2.24, 2.45) is 0 Å². The Morgan fingerprint density at radius 1 is 0.826 bits per heavy atom. The smallest absolute Gasteiger partial charge is 0.418 e. The number of carbonyl (C=O) groups is 2. The van der Waals surface area contributed by atoms with E-state index < -0.39 is 28.3 Å². The first kappa shape index (κ1) is 36.6. The number of hydrogen-bond donors (Lipinski definition) is 5. The SMILES string of the molecule is CCCCCCCCCCCCC(Oc1ccc(NOS(=O)(=O)O)cc1)C(=O)Nc1cc(O)c(NC(=O)c2ccccc2)cc1Cl. The van der Waals surface area contributed by atoms with Crippen molar-refractivity contribution < 1.29 is 36.7 Å². The quantitative estimate of drug-likeness (QED) is 0.0344. The number of rotatable bonds is 20. The molecule has 0 spiro atoms. The van der Waals surface area contributed by atoms with Gasteiger partial charge in [0.1, 0.15) is 11.5 Å². The second kappa shape index (κ2) is 19.0. The van der Waals surface area contributed by atoms with E-state index >= 15 is 0 Å². The molecule has 0 saturated heterocycles. The molecule has 250 valence electrons. The first-order valence-electron chi connectivity index (χ1n) is 15.4. The molecule has 3 aromatic rings. The summed E-state index contributed by atoms with van der Waals surface area (Å²) in [6.45, 7) is 2.20. The van der Waals surface area contributed by atoms with Crippen LogP contribution in [-0.4, -0.2) is 36.0 Å². The van der Waals surface area contributed by atoms with Gasteiger partial charge in [0.2, 0.25) is 0 Å². The van der Waals surface area contributed by atoms with Gasteiger partial charge in [0, 0.05) is 11.6 Å². The van der Waals surface area contributed by atoms with Gasteiger partial charge in [-0.15, -0.1) is 4.28 Å². The lowest BCUT2D eigenvalue weighted by molar-refractivity contribution is -0.123. The Hall–Kier alpha value is -3.84. The molecule has 1 unspecified atom stereocenters. The van der Waals surface area contributed by atoms with E-state index in [1.807, 2.05) is 0 Å². The molecule has 2 amide bonds. The topological polar surface area (TPSA) is 163 Å². The maximum atomic E-state index is 13.4. The largest absolute Gasteiger partial charge is 0.506 e. The number of carbonyl (C=O) groups excluding carboxylic acids is 2. The number of halogens is 1. The standard InChI is InChI=1S/C33H42ClN3O8S/c1-2-3-4-5-6-7-8-9-10-14-17-31(44-26-20-18-25(19-21-26)37-45-46(41,42)43)33(40)35-28-23-30(38)29(22-27(28)34)36-32(39)24-15-12-11-13-16-24/h11-13,15-16,18-23,31,37-38H,2-10,14,17H2,1H3,(H,35,40)(H,36,39)(H,41,42,43). The number of phenols is 1. The number of aromatic hydroxyl groups is 1. The monoisotopic (exact) mass is 675 g/mol. The average Bonchev–Trinajstić information content (AvgIpc) is 3.03. The highest BCUT2D eigenvalue weighted by Gasteiger charge is 2.22. The van der Waals surface area contributed by atoms with Crippen LogP contribution in [0.5, 0.6) is 11.5 Å². The third-order valence-electron chi connectivity index (χ3n) is 7.14. The van der Waals surface area contributed by atoms with Gasteiger partial charge < -0.3 is 20.5 Å². The molecule has 0 bridgehead atoms. The first-order valence-corrected chi connectivity index (χ1v) is 17.2. The van der Waals surface area contributed by atoms with Crippen LogP contribution in [0, 0.1) is 0 Å². The zero-order valence-electron chi connectivity index (χ0n) is 25.8. The van der Waals surface area contributed by atoms with Crippen LogP contribution in [0.1, 0.15) is 87.9 Å². The number of amides is 2. The van der Waals surface area contributed by atoms with Gasteiger partial charge in [-0.1, -0.05) is 94.5 Å². The summed E-state index contributed by atoms with van der Waals surface area (Å²) in [6, 6.07) is 17.0. The van der Waals surface area contributed by atoms with Crippen LogP contribution in [0.2, 0.25) is 5.02 Å². The number of nitrogens with one attached hydrogen (secondary N) is 3. The van der Waals surface area contributed by atoms with Crippen molar-refractivity contribution in [2.45, 2.75) is 83.7 Å². The zero-order valence-corrected chi connectivity index (χ0v) is 27.4. The fourth-order valence-electron chi connectivity index (χ4n) is 4.68. The third-order valence-corrected chi connectivity index (χ3v) is 7.74. The van der Waals surface area contributed by atoms with E-state index in [-0.39, 0.29) is 27.8 Å². The minimum absolute atomic E-state index is 0.0849. The van der Waals surface area contributed by atoms with E-state index in [0.717, 1.165) is 25.7 Å². The Labute approximate surface area is 275 Å². The molecule has 1 atom stereocenters. The summed E-state index contributed by atoms with van der Waals surface area (Å²) < 4.78 is 40.5. The van der Waals surface area contributed by atoms with E-state index in [0.29, 0.717) is 17.7 Å². The molecule has 3 aromatic carbocycles. The lowest BCUT2D eigenvalue weighted by atomic mass is 10.0. The molecular formula is C33H42ClN3O8S. The fraction of sp³-hybridized carbons (Fsp3) is 0.394. The molecule has 0 aliphatic heterocycles. The van der Waals surface area contributed by atoms with Crippen molar-refractivity contribution in [1.29, 1.82) is 0 Å². The third kappa shape index (κ3) is 13.3. The summed E-state index contributed by atoms with van der Waals surface area (Å²) in [7, 11) is -4.69. The summed E-state index contributed by atoms with van der Waals surface area (Å²) in [5, 5.41) is 16.0. The second-order valence-corrected chi connectivity index (χ2v) is 12.3. The zero-order chi connectivity index (χ0) is 33.4. The molecular weight excluding hydrogens is 634 g/mol. The summed E-state index contributed by atoms with van der Waals surface area (Å²) >= 11 is 6.44. The Bertz CT molecular complexity index is 1510. The van der Waals surface area contributed by atoms with Crippen molar-refractivity contribution in [3.8, 4) is 11.5 Å². The Kier molecular flexibility index (Phi) is 15.1. The normalized spacial score (nSPS) is 11.9. The van der Waals surface area contributed by atoms with Crippen molar-refractivity contribution in [2.75, 3.05) is 16.1 Å². The number of benzene rings is 3. The van der Waals surface area contributed by atoms with Gasteiger partial charge in [0.05, 0.1) is 22.1 Å². The van der Waals surface area contributed by atoms with Crippen LogP contribution in [-0.2, 0) is 19.5 Å². The average molecular weight is 676 g/mol. The van der Waals surface area contributed by atoms with Crippen LogP contribution < -0.4 is 20.9 Å². The van der Waals surface area contributed by atoms with Gasteiger partial charge >= 0.3 is 10.4 Å². The first-order chi connectivity index (χ1) is 22.1. The molecule has 46 heavy (non-hydrogen) atoms. The number of ether oxygens (including phenoxy) is 1. The van der Waals surface area contributed by atoms with Gasteiger partial charge in [-0.25, -0.2) is 5.48 Å². The van der Waals surface area contributed by atoms with Crippen LogP contribution >= 0.6 is 11.6 Å². The Morgan fingerprint density at radius 2 is 1.43 bits per heavy atom. The Balaban J connectivity index is 1.63. The van der Waals surface area contributed by atoms with Crippen LogP contribution in [0.15, 0.2) is 66.7 Å². The second-order valence-electron chi connectivity index (χ2n) is 10.9. The maximum Gasteiger partial charge on any atom is 0.418 e. The molecule has 11 nitrogen and oxygen atoms in total. The molecule has 0 fully saturated rings. The Morgan fingerprint density at radius 3 is 2.04 bits per heavy atom. The predicted octanol–water partition coefficient (Wildman–Crippen LogP) is 8.14. The molecule has 0 aliphatic carbocycles. The lowest BCUT2D eigenvalue weighted by Gasteiger charge is -2.20. The van der Waals surface area contributed by atoms with Crippen LogP contribution in [0.3, 0.4) is 0 Å². The van der Waals surface area contributed by atoms with Crippen LogP contribution in [0.25, 0.3) is 0 Å². The minimum Gasteiger partial charge on any atom is -0.506 e. The highest BCUT2D eigenvalue weighted by molar-refractivity contribution is 7.80. The summed E-state index contributed by atoms with van der Waals surface area (Å²) in [5.41, 5.74) is 2.94. The summed E-state index contributed by atoms with van der Waals surface area (Å²) in [4.78, 5) is 26.0. The van der Waals surface area contributed by atoms with Gasteiger partial charge in [0.15, 0.2) is 6.10 Å². The fourth-order valence-corrected chi connectivity index (χ4v) is 5.09. The van der Waals surface area contributed by atoms with Gasteiger partial charge in [-0.3, -0.25) is 14.1 Å². The molecule has 13 heteroatoms. The molecule has 0 radical (unpaired) electrons. The van der Waals surface area contributed by atoms with Gasteiger partial charge in [-0.2, -0.15) is 8.42 Å². The van der Waals surface area contributed by atoms with Gasteiger partial charge in [0.25, 0.3) is 11.8 Å². The van der Waals surface area contributed by atoms with E-state index in [2.05, 4.69) is 27.3 Å². The predicted molar refractivity (Wildman–Crippen MR) is 180 cm³/mol.